The highest BCUT2D eigenvalue weighted by atomic mass is 32.2. The van der Waals surface area contributed by atoms with Crippen LogP contribution in [0.4, 0.5) is 0 Å². The van der Waals surface area contributed by atoms with Crippen LogP contribution in [0.3, 0.4) is 0 Å². The second-order valence-corrected chi connectivity index (χ2v) is 11.7. The number of sulfonamides is 1. The first-order valence-corrected chi connectivity index (χ1v) is 13.3. The molecule has 1 aromatic carbocycles. The maximum atomic E-state index is 13.3. The lowest BCUT2D eigenvalue weighted by molar-refractivity contribution is 0.0595. The second-order valence-electron chi connectivity index (χ2n) is 8.34. The van der Waals surface area contributed by atoms with Gasteiger partial charge in [0.05, 0.1) is 19.3 Å². The Balaban J connectivity index is 1.60. The van der Waals surface area contributed by atoms with E-state index in [-0.39, 0.29) is 9.77 Å². The lowest BCUT2D eigenvalue weighted by Crippen LogP contribution is -2.30. The lowest BCUT2D eigenvalue weighted by atomic mass is 10.0. The van der Waals surface area contributed by atoms with Crippen molar-refractivity contribution in [1.82, 2.24) is 9.21 Å². The molecule has 0 fully saturated rings. The number of carbonyl (C=O) groups excluding carboxylic acids is 1. The molecule has 0 saturated carbocycles. The third kappa shape index (κ3) is 4.44. The molecule has 2 aliphatic heterocycles. The van der Waals surface area contributed by atoms with Crippen LogP contribution in [0.1, 0.15) is 51.7 Å². The molecule has 32 heavy (non-hydrogen) atoms. The zero-order valence-electron chi connectivity index (χ0n) is 18.8. The Morgan fingerprint density at radius 2 is 2.12 bits per heavy atom. The van der Waals surface area contributed by atoms with E-state index < -0.39 is 16.0 Å². The maximum Gasteiger partial charge on any atom is 0.340 e. The van der Waals surface area contributed by atoms with Gasteiger partial charge >= 0.3 is 5.97 Å². The van der Waals surface area contributed by atoms with Crippen molar-refractivity contribution in [3.8, 4) is 5.75 Å². The second kappa shape index (κ2) is 9.51. The molecule has 0 atom stereocenters. The third-order valence-electron chi connectivity index (χ3n) is 6.12. The highest BCUT2D eigenvalue weighted by Crippen LogP contribution is 2.38. The van der Waals surface area contributed by atoms with Gasteiger partial charge in [0.1, 0.15) is 9.96 Å². The molecule has 0 unspecified atom stereocenters. The zero-order valence-corrected chi connectivity index (χ0v) is 20.5. The van der Waals surface area contributed by atoms with Gasteiger partial charge in [0.25, 0.3) is 10.0 Å². The van der Waals surface area contributed by atoms with Gasteiger partial charge in [-0.2, -0.15) is 0 Å². The van der Waals surface area contributed by atoms with E-state index in [0.717, 1.165) is 55.1 Å². The number of rotatable bonds is 8. The molecule has 0 bridgehead atoms. The normalized spacial score (nSPS) is 16.0. The van der Waals surface area contributed by atoms with Crippen LogP contribution in [0.5, 0.6) is 5.75 Å². The molecule has 0 saturated heterocycles. The van der Waals surface area contributed by atoms with Gasteiger partial charge in [-0.25, -0.2) is 17.5 Å². The monoisotopic (exact) mass is 478 g/mol. The van der Waals surface area contributed by atoms with Crippen molar-refractivity contribution in [3.05, 3.63) is 45.3 Å². The maximum absolute atomic E-state index is 13.3. The van der Waals surface area contributed by atoms with Gasteiger partial charge in [0.15, 0.2) is 0 Å². The summed E-state index contributed by atoms with van der Waals surface area (Å²) in [6.07, 6.45) is 3.23. The number of esters is 1. The molecule has 0 spiro atoms. The molecule has 0 amide bonds. The predicted molar refractivity (Wildman–Crippen MR) is 124 cm³/mol. The van der Waals surface area contributed by atoms with E-state index in [4.69, 9.17) is 9.47 Å². The molecule has 3 heterocycles. The molecular formula is C23H30N2O5S2. The van der Waals surface area contributed by atoms with Crippen molar-refractivity contribution in [3.63, 3.8) is 0 Å². The minimum atomic E-state index is -3.76. The molecule has 0 aliphatic carbocycles. The Hall–Kier alpha value is -1.94. The van der Waals surface area contributed by atoms with Crippen molar-refractivity contribution < 1.29 is 22.7 Å². The van der Waals surface area contributed by atoms with E-state index >= 15 is 0 Å². The Kier molecular flexibility index (Phi) is 6.90. The summed E-state index contributed by atoms with van der Waals surface area (Å²) in [5.41, 5.74) is 3.51. The first-order valence-electron chi connectivity index (χ1n) is 11.0. The first-order chi connectivity index (χ1) is 15.3. The highest BCUT2D eigenvalue weighted by molar-refractivity contribution is 7.91. The van der Waals surface area contributed by atoms with E-state index in [2.05, 4.69) is 17.0 Å². The third-order valence-corrected chi connectivity index (χ3v) is 9.69. The standard InChI is InChI=1S/C23H30N2O5S2/c1-4-5-10-24(2)32(27,28)23-21(22(26)29-3)18-8-11-25(15-20(18)31-23)14-16-6-7-19-17(13-16)9-12-30-19/h6-7,13H,4-5,8-12,14-15H2,1-3H3. The summed E-state index contributed by atoms with van der Waals surface area (Å²) < 4.78 is 38.6. The summed E-state index contributed by atoms with van der Waals surface area (Å²) in [5, 5.41) is 0. The Morgan fingerprint density at radius 1 is 1.31 bits per heavy atom. The van der Waals surface area contributed by atoms with Crippen LogP contribution in [-0.2, 0) is 40.7 Å². The van der Waals surface area contributed by atoms with Crippen LogP contribution in [0.15, 0.2) is 22.4 Å². The number of carbonyl (C=O) groups is 1. The number of nitrogens with zero attached hydrogens (tertiary/aromatic N) is 2. The Bertz CT molecular complexity index is 1110. The fraction of sp³-hybridized carbons (Fsp3) is 0.522. The number of hydrogen-bond acceptors (Lipinski definition) is 7. The van der Waals surface area contributed by atoms with Crippen LogP contribution >= 0.6 is 11.3 Å². The number of ether oxygens (including phenoxy) is 2. The van der Waals surface area contributed by atoms with Crippen molar-refractivity contribution in [2.75, 3.05) is 33.9 Å². The molecule has 0 radical (unpaired) electrons. The molecule has 4 rings (SSSR count). The molecule has 9 heteroatoms. The highest BCUT2D eigenvalue weighted by Gasteiger charge is 2.35. The number of fused-ring (bicyclic) bond motifs is 2. The smallest absolute Gasteiger partial charge is 0.340 e. The Morgan fingerprint density at radius 3 is 2.88 bits per heavy atom. The Labute approximate surface area is 194 Å². The van der Waals surface area contributed by atoms with Crippen molar-refractivity contribution in [2.24, 2.45) is 0 Å². The van der Waals surface area contributed by atoms with Crippen LogP contribution in [-0.4, -0.2) is 57.4 Å². The van der Waals surface area contributed by atoms with Gasteiger partial charge in [0.2, 0.25) is 0 Å². The molecule has 174 valence electrons. The average molecular weight is 479 g/mol. The van der Waals surface area contributed by atoms with E-state index in [0.29, 0.717) is 19.5 Å². The SMILES string of the molecule is CCCCN(C)S(=O)(=O)c1sc2c(c1C(=O)OC)CCN(Cc1ccc3c(c1)CCO3)C2. The molecule has 2 aliphatic rings. The number of benzene rings is 1. The molecule has 1 aromatic heterocycles. The van der Waals surface area contributed by atoms with Crippen molar-refractivity contribution >= 4 is 27.3 Å². The van der Waals surface area contributed by atoms with E-state index in [1.807, 2.05) is 13.0 Å². The van der Waals surface area contributed by atoms with E-state index in [9.17, 15) is 13.2 Å². The molecule has 7 nitrogen and oxygen atoms in total. The fourth-order valence-electron chi connectivity index (χ4n) is 4.30. The number of hydrogen-bond donors (Lipinski definition) is 0. The molecular weight excluding hydrogens is 448 g/mol. The minimum absolute atomic E-state index is 0.115. The first kappa shape index (κ1) is 23.2. The summed E-state index contributed by atoms with van der Waals surface area (Å²) in [6, 6.07) is 6.32. The number of thiophene rings is 1. The summed E-state index contributed by atoms with van der Waals surface area (Å²) >= 11 is 1.22. The van der Waals surface area contributed by atoms with Gasteiger partial charge in [0, 0.05) is 44.5 Å². The number of methoxy groups -OCH3 is 1. The van der Waals surface area contributed by atoms with Crippen LogP contribution in [0, 0.1) is 0 Å². The quantitative estimate of drug-likeness (QED) is 0.541. The zero-order chi connectivity index (χ0) is 22.9. The van der Waals surface area contributed by atoms with E-state index in [1.54, 1.807) is 7.05 Å². The van der Waals surface area contributed by atoms with Crippen LogP contribution < -0.4 is 4.74 Å². The topological polar surface area (TPSA) is 76.2 Å². The van der Waals surface area contributed by atoms with Gasteiger partial charge in [-0.3, -0.25) is 4.90 Å². The van der Waals surface area contributed by atoms with Gasteiger partial charge < -0.3 is 9.47 Å². The van der Waals surface area contributed by atoms with Gasteiger partial charge in [-0.1, -0.05) is 25.5 Å². The van der Waals surface area contributed by atoms with Crippen molar-refractivity contribution in [2.45, 2.75) is 49.9 Å². The number of unbranched alkanes of at least 4 members (excludes halogenated alkanes) is 1. The largest absolute Gasteiger partial charge is 0.493 e. The average Bonchev–Trinajstić information content (AvgIpc) is 3.41. The molecule has 0 N–H and O–H groups in total. The van der Waals surface area contributed by atoms with Gasteiger partial charge in [-0.15, -0.1) is 11.3 Å². The molecule has 2 aromatic rings. The summed E-state index contributed by atoms with van der Waals surface area (Å²) in [4.78, 5) is 15.8. The van der Waals surface area contributed by atoms with Crippen LogP contribution in [0.2, 0.25) is 0 Å². The minimum Gasteiger partial charge on any atom is -0.493 e. The summed E-state index contributed by atoms with van der Waals surface area (Å²) in [7, 11) is -0.876. The van der Waals surface area contributed by atoms with Crippen molar-refractivity contribution in [1.29, 1.82) is 0 Å². The fourth-order valence-corrected chi connectivity index (χ4v) is 7.62. The lowest BCUT2D eigenvalue weighted by Gasteiger charge is -2.27. The summed E-state index contributed by atoms with van der Waals surface area (Å²) in [6.45, 7) is 5.33. The predicted octanol–water partition coefficient (Wildman–Crippen LogP) is 3.45. The summed E-state index contributed by atoms with van der Waals surface area (Å²) in [5.74, 6) is 0.398. The van der Waals surface area contributed by atoms with Crippen LogP contribution in [0.25, 0.3) is 0 Å². The van der Waals surface area contributed by atoms with Gasteiger partial charge in [-0.05, 0) is 35.6 Å². The van der Waals surface area contributed by atoms with E-state index in [1.165, 1.54) is 33.9 Å².